The number of hydrogen-bond acceptors (Lipinski definition) is 5. The molecule has 2 heterocycles. The van der Waals surface area contributed by atoms with Crippen molar-refractivity contribution < 1.29 is 23.5 Å². The molecule has 0 radical (unpaired) electrons. The maximum absolute atomic E-state index is 12.3. The minimum absolute atomic E-state index is 0.187. The van der Waals surface area contributed by atoms with Crippen LogP contribution >= 0.6 is 0 Å². The molecular formula is C17H14O5. The number of Topliss-reactive ketones (excluding diaryl/α,β-unsaturated/α-hetero) is 1. The number of fused-ring (bicyclic) bond motifs is 1. The Morgan fingerprint density at radius 1 is 1.32 bits per heavy atom. The number of ketones is 1. The van der Waals surface area contributed by atoms with E-state index in [-0.39, 0.29) is 23.9 Å². The lowest BCUT2D eigenvalue weighted by atomic mass is 10.1. The molecule has 1 aliphatic rings. The molecule has 0 bridgehead atoms. The standard InChI is InChI=1S/C17H14O5/c1-3-15(18)21-13-7-6-12-16(19)14(22-17(12)10(13)2)9-11-5-4-8-20-11/h4-9H,3H2,1-2H3/b14-9-. The van der Waals surface area contributed by atoms with E-state index in [0.717, 1.165) is 0 Å². The van der Waals surface area contributed by atoms with Crippen molar-refractivity contribution in [2.75, 3.05) is 0 Å². The van der Waals surface area contributed by atoms with E-state index < -0.39 is 0 Å². The first-order chi connectivity index (χ1) is 10.6. The van der Waals surface area contributed by atoms with E-state index in [0.29, 0.717) is 28.4 Å². The maximum Gasteiger partial charge on any atom is 0.310 e. The Hall–Kier alpha value is -2.82. The van der Waals surface area contributed by atoms with Crippen LogP contribution in [0.5, 0.6) is 11.5 Å². The van der Waals surface area contributed by atoms with Crippen LogP contribution in [-0.4, -0.2) is 11.8 Å². The van der Waals surface area contributed by atoms with Crippen LogP contribution in [0.4, 0.5) is 0 Å². The molecule has 1 aliphatic heterocycles. The molecule has 5 nitrogen and oxygen atoms in total. The van der Waals surface area contributed by atoms with Gasteiger partial charge in [-0.2, -0.15) is 0 Å². The van der Waals surface area contributed by atoms with Crippen molar-refractivity contribution in [3.05, 3.63) is 53.2 Å². The second-order valence-corrected chi connectivity index (χ2v) is 4.85. The van der Waals surface area contributed by atoms with Gasteiger partial charge in [-0.15, -0.1) is 0 Å². The summed E-state index contributed by atoms with van der Waals surface area (Å²) in [6.45, 7) is 3.47. The summed E-state index contributed by atoms with van der Waals surface area (Å²) in [6, 6.07) is 6.67. The van der Waals surface area contributed by atoms with Crippen LogP contribution in [0.3, 0.4) is 0 Å². The van der Waals surface area contributed by atoms with E-state index in [1.165, 1.54) is 6.26 Å². The van der Waals surface area contributed by atoms with E-state index in [1.54, 1.807) is 44.2 Å². The van der Waals surface area contributed by atoms with Crippen molar-refractivity contribution in [1.82, 2.24) is 0 Å². The van der Waals surface area contributed by atoms with Crippen LogP contribution < -0.4 is 9.47 Å². The molecule has 0 atom stereocenters. The van der Waals surface area contributed by atoms with E-state index in [9.17, 15) is 9.59 Å². The van der Waals surface area contributed by atoms with Crippen molar-refractivity contribution in [1.29, 1.82) is 0 Å². The van der Waals surface area contributed by atoms with Gasteiger partial charge in [-0.3, -0.25) is 9.59 Å². The first-order valence-corrected chi connectivity index (χ1v) is 6.92. The lowest BCUT2D eigenvalue weighted by molar-refractivity contribution is -0.134. The van der Waals surface area contributed by atoms with Crippen LogP contribution in [0.25, 0.3) is 6.08 Å². The van der Waals surface area contributed by atoms with E-state index in [1.807, 2.05) is 0 Å². The van der Waals surface area contributed by atoms with Gasteiger partial charge in [0.25, 0.3) is 0 Å². The van der Waals surface area contributed by atoms with Gasteiger partial charge in [0.2, 0.25) is 5.78 Å². The molecule has 22 heavy (non-hydrogen) atoms. The lowest BCUT2D eigenvalue weighted by Crippen LogP contribution is -2.06. The first kappa shape index (κ1) is 14.1. The topological polar surface area (TPSA) is 65.7 Å². The fourth-order valence-corrected chi connectivity index (χ4v) is 2.18. The molecule has 0 fully saturated rings. The normalized spacial score (nSPS) is 14.8. The van der Waals surface area contributed by atoms with Gasteiger partial charge in [0.1, 0.15) is 17.3 Å². The zero-order valence-corrected chi connectivity index (χ0v) is 12.2. The number of ether oxygens (including phenoxy) is 2. The van der Waals surface area contributed by atoms with E-state index >= 15 is 0 Å². The Labute approximate surface area is 127 Å². The number of hydrogen-bond donors (Lipinski definition) is 0. The quantitative estimate of drug-likeness (QED) is 0.493. The van der Waals surface area contributed by atoms with Gasteiger partial charge in [-0.25, -0.2) is 0 Å². The third kappa shape index (κ3) is 2.41. The van der Waals surface area contributed by atoms with Crippen LogP contribution in [0.2, 0.25) is 0 Å². The SMILES string of the molecule is CCC(=O)Oc1ccc2c(c1C)O/C(=C\c1ccco1)C2=O. The van der Waals surface area contributed by atoms with Gasteiger partial charge in [-0.05, 0) is 31.2 Å². The molecule has 0 saturated carbocycles. The predicted molar refractivity (Wildman–Crippen MR) is 78.7 cm³/mol. The number of benzene rings is 1. The van der Waals surface area contributed by atoms with Crippen molar-refractivity contribution in [2.45, 2.75) is 20.3 Å². The molecule has 0 spiro atoms. The van der Waals surface area contributed by atoms with Crippen LogP contribution in [0.1, 0.15) is 35.0 Å². The lowest BCUT2D eigenvalue weighted by Gasteiger charge is -2.09. The first-order valence-electron chi connectivity index (χ1n) is 6.92. The van der Waals surface area contributed by atoms with Crippen molar-refractivity contribution >= 4 is 17.8 Å². The van der Waals surface area contributed by atoms with Crippen molar-refractivity contribution in [3.63, 3.8) is 0 Å². The summed E-state index contributed by atoms with van der Waals surface area (Å²) >= 11 is 0. The minimum atomic E-state index is -0.335. The highest BCUT2D eigenvalue weighted by molar-refractivity contribution is 6.14. The summed E-state index contributed by atoms with van der Waals surface area (Å²) in [5.41, 5.74) is 1.07. The molecule has 0 aliphatic carbocycles. The highest BCUT2D eigenvalue weighted by Gasteiger charge is 2.30. The molecule has 0 saturated heterocycles. The third-order valence-electron chi connectivity index (χ3n) is 3.37. The highest BCUT2D eigenvalue weighted by atomic mass is 16.5. The second-order valence-electron chi connectivity index (χ2n) is 4.85. The molecule has 0 N–H and O–H groups in total. The number of allylic oxidation sites excluding steroid dienone is 1. The number of carbonyl (C=O) groups excluding carboxylic acids is 2. The molecular weight excluding hydrogens is 284 g/mol. The Kier molecular flexibility index (Phi) is 3.55. The van der Waals surface area contributed by atoms with Gasteiger partial charge in [0.15, 0.2) is 5.76 Å². The van der Waals surface area contributed by atoms with Gasteiger partial charge >= 0.3 is 5.97 Å². The Balaban J connectivity index is 1.95. The molecule has 112 valence electrons. The van der Waals surface area contributed by atoms with Crippen LogP contribution in [-0.2, 0) is 4.79 Å². The monoisotopic (exact) mass is 298 g/mol. The van der Waals surface area contributed by atoms with Crippen LogP contribution in [0.15, 0.2) is 40.7 Å². The number of rotatable bonds is 3. The predicted octanol–water partition coefficient (Wildman–Crippen LogP) is 3.52. The maximum atomic E-state index is 12.3. The smallest absolute Gasteiger partial charge is 0.310 e. The summed E-state index contributed by atoms with van der Waals surface area (Å²) in [4.78, 5) is 23.7. The van der Waals surface area contributed by atoms with E-state index in [4.69, 9.17) is 13.9 Å². The largest absolute Gasteiger partial charge is 0.465 e. The van der Waals surface area contributed by atoms with Gasteiger partial charge in [0, 0.05) is 18.1 Å². The van der Waals surface area contributed by atoms with Gasteiger partial charge < -0.3 is 13.9 Å². The van der Waals surface area contributed by atoms with Gasteiger partial charge in [-0.1, -0.05) is 6.92 Å². The number of furan rings is 1. The molecule has 2 aromatic rings. The Morgan fingerprint density at radius 3 is 2.82 bits per heavy atom. The molecule has 1 aromatic heterocycles. The average molecular weight is 298 g/mol. The minimum Gasteiger partial charge on any atom is -0.465 e. The molecule has 0 amide bonds. The zero-order chi connectivity index (χ0) is 15.7. The van der Waals surface area contributed by atoms with Crippen molar-refractivity contribution in [3.8, 4) is 11.5 Å². The Bertz CT molecular complexity index is 769. The summed E-state index contributed by atoms with van der Waals surface area (Å²) in [6.07, 6.45) is 3.34. The molecule has 0 unspecified atom stereocenters. The average Bonchev–Trinajstić information content (AvgIpc) is 3.12. The molecule has 3 rings (SSSR count). The fourth-order valence-electron chi connectivity index (χ4n) is 2.18. The molecule has 5 heteroatoms. The summed E-state index contributed by atoms with van der Waals surface area (Å²) < 4.78 is 16.1. The summed E-state index contributed by atoms with van der Waals surface area (Å²) in [5, 5.41) is 0. The number of esters is 1. The van der Waals surface area contributed by atoms with Crippen LogP contribution in [0, 0.1) is 6.92 Å². The summed E-state index contributed by atoms with van der Waals surface area (Å²) in [7, 11) is 0. The fraction of sp³-hybridized carbons (Fsp3) is 0.176. The third-order valence-corrected chi connectivity index (χ3v) is 3.37. The highest BCUT2D eigenvalue weighted by Crippen LogP contribution is 2.39. The second kappa shape index (κ2) is 5.52. The zero-order valence-electron chi connectivity index (χ0n) is 12.2. The Morgan fingerprint density at radius 2 is 2.14 bits per heavy atom. The van der Waals surface area contributed by atoms with Gasteiger partial charge in [0.05, 0.1) is 11.8 Å². The molecule has 1 aromatic carbocycles. The van der Waals surface area contributed by atoms with Crippen molar-refractivity contribution in [2.24, 2.45) is 0 Å². The van der Waals surface area contributed by atoms with E-state index in [2.05, 4.69) is 0 Å². The number of carbonyl (C=O) groups is 2. The summed E-state index contributed by atoms with van der Waals surface area (Å²) in [5.74, 6) is 0.988.